The molecular formula is C11H11Cl2NO4S. The second-order valence-corrected chi connectivity index (χ2v) is 6.79. The summed E-state index contributed by atoms with van der Waals surface area (Å²) >= 11 is 12.7. The van der Waals surface area contributed by atoms with Gasteiger partial charge in [0.25, 0.3) is 5.91 Å². The van der Waals surface area contributed by atoms with Gasteiger partial charge in [0.15, 0.2) is 0 Å². The van der Waals surface area contributed by atoms with Crippen LogP contribution in [0.25, 0.3) is 0 Å². The van der Waals surface area contributed by atoms with Crippen molar-refractivity contribution in [1.29, 1.82) is 0 Å². The SMILES string of the molecule is CC1(C(=O)O)COCC1NC(=O)c1cc(Cl)sc1Cl. The van der Waals surface area contributed by atoms with Gasteiger partial charge in [0.05, 0.1) is 29.2 Å². The fourth-order valence-corrected chi connectivity index (χ4v) is 3.27. The standard InChI is InChI=1S/C11H11Cl2NO4S/c1-11(10(16)17)4-18-3-6(11)14-9(15)5-2-7(12)19-8(5)13/h2,6H,3-4H2,1H3,(H,14,15)(H,16,17). The van der Waals surface area contributed by atoms with Crippen LogP contribution in [-0.2, 0) is 9.53 Å². The first-order valence-electron chi connectivity index (χ1n) is 5.41. The Kier molecular flexibility index (Phi) is 4.06. The molecule has 1 aliphatic heterocycles. The second kappa shape index (κ2) is 5.28. The third-order valence-electron chi connectivity index (χ3n) is 3.15. The Labute approximate surface area is 123 Å². The van der Waals surface area contributed by atoms with Crippen LogP contribution >= 0.6 is 34.5 Å². The van der Waals surface area contributed by atoms with E-state index in [2.05, 4.69) is 5.32 Å². The highest BCUT2D eigenvalue weighted by Crippen LogP contribution is 2.33. The molecule has 2 heterocycles. The van der Waals surface area contributed by atoms with Crippen molar-refractivity contribution in [1.82, 2.24) is 5.32 Å². The molecule has 19 heavy (non-hydrogen) atoms. The van der Waals surface area contributed by atoms with E-state index in [1.54, 1.807) is 0 Å². The minimum Gasteiger partial charge on any atom is -0.481 e. The highest BCUT2D eigenvalue weighted by atomic mass is 35.5. The highest BCUT2D eigenvalue weighted by molar-refractivity contribution is 7.20. The number of carbonyl (C=O) groups is 2. The second-order valence-electron chi connectivity index (χ2n) is 4.50. The summed E-state index contributed by atoms with van der Waals surface area (Å²) in [7, 11) is 0. The van der Waals surface area contributed by atoms with Gasteiger partial charge in [-0.1, -0.05) is 23.2 Å². The maximum atomic E-state index is 12.0. The monoisotopic (exact) mass is 323 g/mol. The van der Waals surface area contributed by atoms with Crippen molar-refractivity contribution < 1.29 is 19.4 Å². The number of halogens is 2. The van der Waals surface area contributed by atoms with Gasteiger partial charge >= 0.3 is 5.97 Å². The van der Waals surface area contributed by atoms with E-state index in [4.69, 9.17) is 27.9 Å². The molecule has 1 saturated heterocycles. The highest BCUT2D eigenvalue weighted by Gasteiger charge is 2.47. The maximum Gasteiger partial charge on any atom is 0.313 e. The average Bonchev–Trinajstić information content (AvgIpc) is 2.84. The molecular weight excluding hydrogens is 313 g/mol. The molecule has 2 atom stereocenters. The molecule has 0 aliphatic carbocycles. The number of aliphatic carboxylic acids is 1. The van der Waals surface area contributed by atoms with E-state index >= 15 is 0 Å². The van der Waals surface area contributed by atoms with Crippen LogP contribution in [-0.4, -0.2) is 36.2 Å². The predicted octanol–water partition coefficient (Wildman–Crippen LogP) is 2.27. The third kappa shape index (κ3) is 2.72. The van der Waals surface area contributed by atoms with Crippen LogP contribution in [0.4, 0.5) is 0 Å². The quantitative estimate of drug-likeness (QED) is 0.894. The van der Waals surface area contributed by atoms with Crippen LogP contribution in [0.2, 0.25) is 8.67 Å². The minimum absolute atomic E-state index is 0.0609. The molecule has 5 nitrogen and oxygen atoms in total. The number of carbonyl (C=O) groups excluding carboxylic acids is 1. The number of thiophene rings is 1. The number of carboxylic acids is 1. The number of amides is 1. The van der Waals surface area contributed by atoms with E-state index < -0.39 is 23.3 Å². The lowest BCUT2D eigenvalue weighted by molar-refractivity contribution is -0.148. The van der Waals surface area contributed by atoms with Crippen LogP contribution in [0.15, 0.2) is 6.07 Å². The Bertz CT molecular complexity index is 533. The van der Waals surface area contributed by atoms with Crippen LogP contribution < -0.4 is 5.32 Å². The largest absolute Gasteiger partial charge is 0.481 e. The molecule has 8 heteroatoms. The smallest absolute Gasteiger partial charge is 0.313 e. The fourth-order valence-electron chi connectivity index (χ4n) is 1.82. The van der Waals surface area contributed by atoms with Crippen LogP contribution in [0.1, 0.15) is 17.3 Å². The van der Waals surface area contributed by atoms with E-state index in [0.717, 1.165) is 11.3 Å². The van der Waals surface area contributed by atoms with Gasteiger partial charge in [0, 0.05) is 0 Å². The molecule has 2 rings (SSSR count). The molecule has 0 bridgehead atoms. The van der Waals surface area contributed by atoms with Crippen molar-refractivity contribution in [2.75, 3.05) is 13.2 Å². The Morgan fingerprint density at radius 3 is 2.79 bits per heavy atom. The van der Waals surface area contributed by atoms with Crippen molar-refractivity contribution in [2.24, 2.45) is 5.41 Å². The first-order chi connectivity index (χ1) is 8.84. The van der Waals surface area contributed by atoms with Crippen LogP contribution in [0.5, 0.6) is 0 Å². The normalized spacial score (nSPS) is 26.4. The zero-order valence-electron chi connectivity index (χ0n) is 9.91. The van der Waals surface area contributed by atoms with Gasteiger partial charge in [-0.25, -0.2) is 0 Å². The summed E-state index contributed by atoms with van der Waals surface area (Å²) < 4.78 is 5.83. The Hall–Kier alpha value is -0.820. The minimum atomic E-state index is -1.14. The summed E-state index contributed by atoms with van der Waals surface area (Å²) in [5, 5.41) is 11.8. The maximum absolute atomic E-state index is 12.0. The molecule has 1 fully saturated rings. The van der Waals surface area contributed by atoms with Crippen molar-refractivity contribution in [3.8, 4) is 0 Å². The third-order valence-corrected chi connectivity index (χ3v) is 4.64. The van der Waals surface area contributed by atoms with Crippen molar-refractivity contribution in [3.05, 3.63) is 20.3 Å². The van der Waals surface area contributed by atoms with Gasteiger partial charge in [-0.3, -0.25) is 9.59 Å². The molecule has 2 N–H and O–H groups in total. The Balaban J connectivity index is 2.15. The fraction of sp³-hybridized carbons (Fsp3) is 0.455. The Morgan fingerprint density at radius 2 is 2.26 bits per heavy atom. The van der Waals surface area contributed by atoms with Gasteiger partial charge in [-0.15, -0.1) is 11.3 Å². The van der Waals surface area contributed by atoms with Crippen molar-refractivity contribution in [3.63, 3.8) is 0 Å². The summed E-state index contributed by atoms with van der Waals surface area (Å²) in [6, 6.07) is 0.852. The summed E-state index contributed by atoms with van der Waals surface area (Å²) in [6.07, 6.45) is 0. The average molecular weight is 324 g/mol. The van der Waals surface area contributed by atoms with E-state index in [9.17, 15) is 14.7 Å². The Morgan fingerprint density at radius 1 is 1.58 bits per heavy atom. The molecule has 104 valence electrons. The van der Waals surface area contributed by atoms with Crippen molar-refractivity contribution >= 4 is 46.4 Å². The molecule has 1 amide bonds. The van der Waals surface area contributed by atoms with E-state index in [0.29, 0.717) is 4.34 Å². The number of nitrogens with one attached hydrogen (secondary N) is 1. The molecule has 1 aliphatic rings. The first-order valence-corrected chi connectivity index (χ1v) is 6.98. The van der Waals surface area contributed by atoms with E-state index in [-0.39, 0.29) is 23.1 Å². The molecule has 0 radical (unpaired) electrons. The van der Waals surface area contributed by atoms with Gasteiger partial charge < -0.3 is 15.2 Å². The van der Waals surface area contributed by atoms with Crippen LogP contribution in [0.3, 0.4) is 0 Å². The molecule has 1 aromatic heterocycles. The zero-order valence-corrected chi connectivity index (χ0v) is 12.2. The summed E-state index contributed by atoms with van der Waals surface area (Å²) in [4.78, 5) is 23.3. The van der Waals surface area contributed by atoms with Crippen molar-refractivity contribution in [2.45, 2.75) is 13.0 Å². The number of rotatable bonds is 3. The lowest BCUT2D eigenvalue weighted by Gasteiger charge is -2.25. The predicted molar refractivity (Wildman–Crippen MR) is 72.2 cm³/mol. The van der Waals surface area contributed by atoms with E-state index in [1.807, 2.05) is 0 Å². The lowest BCUT2D eigenvalue weighted by Crippen LogP contribution is -2.49. The number of ether oxygens (including phenoxy) is 1. The molecule has 0 saturated carbocycles. The van der Waals surface area contributed by atoms with Gasteiger partial charge in [-0.2, -0.15) is 0 Å². The number of carboxylic acid groups (broad SMARTS) is 1. The summed E-state index contributed by atoms with van der Waals surface area (Å²) in [5.74, 6) is -1.46. The van der Waals surface area contributed by atoms with Gasteiger partial charge in [0.2, 0.25) is 0 Å². The summed E-state index contributed by atoms with van der Waals surface area (Å²) in [6.45, 7) is 1.75. The first kappa shape index (κ1) is 14.6. The molecule has 0 spiro atoms. The zero-order chi connectivity index (χ0) is 14.2. The van der Waals surface area contributed by atoms with Crippen LogP contribution in [0, 0.1) is 5.41 Å². The molecule has 1 aromatic rings. The molecule has 2 unspecified atom stereocenters. The lowest BCUT2D eigenvalue weighted by atomic mass is 9.85. The van der Waals surface area contributed by atoms with Gasteiger partial charge in [0.1, 0.15) is 9.75 Å². The van der Waals surface area contributed by atoms with E-state index in [1.165, 1.54) is 13.0 Å². The number of hydrogen-bond acceptors (Lipinski definition) is 4. The number of hydrogen-bond donors (Lipinski definition) is 2. The summed E-state index contributed by atoms with van der Waals surface area (Å²) in [5.41, 5.74) is -0.890. The molecule has 0 aromatic carbocycles. The van der Waals surface area contributed by atoms with Gasteiger partial charge in [-0.05, 0) is 13.0 Å². The topological polar surface area (TPSA) is 75.6 Å².